The first-order valence-corrected chi connectivity index (χ1v) is 7.23. The topological polar surface area (TPSA) is 55.0 Å². The summed E-state index contributed by atoms with van der Waals surface area (Å²) in [6.07, 6.45) is 0. The number of carbonyl (C=O) groups is 1. The molecule has 1 aromatic carbocycles. The number of H-pyrrole nitrogens is 1. The highest BCUT2D eigenvalue weighted by Crippen LogP contribution is 2.32. The SMILES string of the molecule is COC(=O)c1ccc2nc(-c3cccc(Br)c3C)cc-2[nH]1. The number of methoxy groups -OCH3 is 1. The van der Waals surface area contributed by atoms with Crippen LogP contribution in [0.4, 0.5) is 0 Å². The Bertz CT molecular complexity index is 795. The van der Waals surface area contributed by atoms with Crippen LogP contribution in [0.1, 0.15) is 16.1 Å². The Morgan fingerprint density at radius 1 is 1.24 bits per heavy atom. The zero-order valence-corrected chi connectivity index (χ0v) is 13.2. The van der Waals surface area contributed by atoms with Crippen LogP contribution in [-0.2, 0) is 4.74 Å². The first-order valence-electron chi connectivity index (χ1n) is 6.43. The van der Waals surface area contributed by atoms with Gasteiger partial charge in [-0.3, -0.25) is 0 Å². The van der Waals surface area contributed by atoms with Gasteiger partial charge in [-0.1, -0.05) is 28.1 Å². The van der Waals surface area contributed by atoms with Crippen molar-refractivity contribution in [2.24, 2.45) is 0 Å². The Balaban J connectivity index is 2.12. The average Bonchev–Trinajstić information content (AvgIpc) is 2.91. The molecule has 0 saturated heterocycles. The third-order valence-corrected chi connectivity index (χ3v) is 4.28. The van der Waals surface area contributed by atoms with Crippen LogP contribution in [0.3, 0.4) is 0 Å². The van der Waals surface area contributed by atoms with Crippen LogP contribution < -0.4 is 0 Å². The molecule has 1 N–H and O–H groups in total. The van der Waals surface area contributed by atoms with E-state index in [-0.39, 0.29) is 0 Å². The Morgan fingerprint density at radius 2 is 2.05 bits per heavy atom. The van der Waals surface area contributed by atoms with Crippen molar-refractivity contribution in [2.75, 3.05) is 7.11 Å². The number of esters is 1. The van der Waals surface area contributed by atoms with Crippen LogP contribution in [0, 0.1) is 6.92 Å². The van der Waals surface area contributed by atoms with E-state index >= 15 is 0 Å². The summed E-state index contributed by atoms with van der Waals surface area (Å²) in [6, 6.07) is 11.4. The number of halogens is 1. The van der Waals surface area contributed by atoms with Crippen LogP contribution in [0.25, 0.3) is 22.6 Å². The lowest BCUT2D eigenvalue weighted by atomic mass is 10.1. The van der Waals surface area contributed by atoms with Crippen molar-refractivity contribution in [3.8, 4) is 22.6 Å². The lowest BCUT2D eigenvalue weighted by molar-refractivity contribution is 0.0594. The smallest absolute Gasteiger partial charge is 0.354 e. The summed E-state index contributed by atoms with van der Waals surface area (Å²) in [5.41, 5.74) is 5.11. The summed E-state index contributed by atoms with van der Waals surface area (Å²) < 4.78 is 5.76. The van der Waals surface area contributed by atoms with E-state index in [4.69, 9.17) is 4.74 Å². The standard InChI is InChI=1S/C16H13BrN2O2/c1-9-10(4-3-5-11(9)17)14-8-15-12(18-14)6-7-13(19-15)16(20)21-2/h3-8,19H,1-2H3. The summed E-state index contributed by atoms with van der Waals surface area (Å²) in [5.74, 6) is -0.390. The first-order chi connectivity index (χ1) is 10.1. The number of carbonyl (C=O) groups excluding carboxylic acids is 1. The molecule has 0 fully saturated rings. The van der Waals surface area contributed by atoms with E-state index in [1.165, 1.54) is 7.11 Å². The Hall–Kier alpha value is -2.14. The van der Waals surface area contributed by atoms with Crippen molar-refractivity contribution >= 4 is 21.9 Å². The van der Waals surface area contributed by atoms with E-state index in [1.807, 2.05) is 37.3 Å². The van der Waals surface area contributed by atoms with Crippen molar-refractivity contribution in [1.29, 1.82) is 0 Å². The molecular weight excluding hydrogens is 332 g/mol. The van der Waals surface area contributed by atoms with Crippen molar-refractivity contribution in [3.63, 3.8) is 0 Å². The quantitative estimate of drug-likeness (QED) is 0.713. The third-order valence-electron chi connectivity index (χ3n) is 3.42. The highest BCUT2D eigenvalue weighted by molar-refractivity contribution is 9.10. The molecule has 0 saturated carbocycles. The fourth-order valence-corrected chi connectivity index (χ4v) is 2.63. The predicted molar refractivity (Wildman–Crippen MR) is 84.4 cm³/mol. The maximum atomic E-state index is 11.6. The van der Waals surface area contributed by atoms with E-state index in [9.17, 15) is 4.79 Å². The molecule has 4 nitrogen and oxygen atoms in total. The van der Waals surface area contributed by atoms with E-state index in [0.29, 0.717) is 5.69 Å². The Morgan fingerprint density at radius 3 is 2.81 bits per heavy atom. The molecule has 2 heterocycles. The largest absolute Gasteiger partial charge is 0.464 e. The molecule has 0 bridgehead atoms. The highest BCUT2D eigenvalue weighted by atomic mass is 79.9. The molecule has 5 heteroatoms. The zero-order valence-electron chi connectivity index (χ0n) is 11.6. The summed E-state index contributed by atoms with van der Waals surface area (Å²) in [5, 5.41) is 0. The highest BCUT2D eigenvalue weighted by Gasteiger charge is 2.15. The van der Waals surface area contributed by atoms with Gasteiger partial charge in [0.1, 0.15) is 5.69 Å². The number of nitrogens with zero attached hydrogens (tertiary/aromatic N) is 1. The normalized spacial score (nSPS) is 10.8. The van der Waals surface area contributed by atoms with Gasteiger partial charge in [0, 0.05) is 10.0 Å². The minimum Gasteiger partial charge on any atom is -0.464 e. The van der Waals surface area contributed by atoms with E-state index < -0.39 is 5.97 Å². The molecule has 2 aliphatic rings. The third kappa shape index (κ3) is 2.45. The maximum absolute atomic E-state index is 11.6. The molecule has 0 aliphatic carbocycles. The van der Waals surface area contributed by atoms with Gasteiger partial charge >= 0.3 is 5.97 Å². The molecule has 106 valence electrons. The molecule has 0 unspecified atom stereocenters. The van der Waals surface area contributed by atoms with Gasteiger partial charge in [0.2, 0.25) is 0 Å². The van der Waals surface area contributed by atoms with Crippen molar-refractivity contribution < 1.29 is 9.53 Å². The number of hydrogen-bond acceptors (Lipinski definition) is 3. The summed E-state index contributed by atoms with van der Waals surface area (Å²) >= 11 is 3.53. The lowest BCUT2D eigenvalue weighted by Crippen LogP contribution is -2.04. The van der Waals surface area contributed by atoms with Crippen LogP contribution in [-0.4, -0.2) is 23.0 Å². The number of rotatable bonds is 2. The van der Waals surface area contributed by atoms with Crippen molar-refractivity contribution in [1.82, 2.24) is 9.97 Å². The van der Waals surface area contributed by atoms with E-state index in [1.54, 1.807) is 6.07 Å². The van der Waals surface area contributed by atoms with Crippen molar-refractivity contribution in [3.05, 3.63) is 52.1 Å². The molecule has 1 aromatic rings. The number of nitrogens with one attached hydrogen (secondary N) is 1. The minimum absolute atomic E-state index is 0.390. The Kier molecular flexibility index (Phi) is 3.51. The number of fused-ring (bicyclic) bond motifs is 1. The maximum Gasteiger partial charge on any atom is 0.354 e. The molecule has 0 amide bonds. The van der Waals surface area contributed by atoms with Gasteiger partial charge in [-0.25, -0.2) is 9.78 Å². The lowest BCUT2D eigenvalue weighted by Gasteiger charge is -2.03. The molecule has 0 spiro atoms. The number of hydrogen-bond donors (Lipinski definition) is 1. The second-order valence-electron chi connectivity index (χ2n) is 4.72. The molecule has 2 aliphatic heterocycles. The van der Waals surface area contributed by atoms with Gasteiger partial charge in [-0.15, -0.1) is 0 Å². The number of aromatic amines is 1. The minimum atomic E-state index is -0.390. The first kappa shape index (κ1) is 13.8. The van der Waals surface area contributed by atoms with Gasteiger partial charge in [0.15, 0.2) is 0 Å². The monoisotopic (exact) mass is 344 g/mol. The number of aromatic nitrogens is 2. The number of ether oxygens (including phenoxy) is 1. The van der Waals surface area contributed by atoms with E-state index in [2.05, 4.69) is 25.9 Å². The van der Waals surface area contributed by atoms with Crippen molar-refractivity contribution in [2.45, 2.75) is 6.92 Å². The summed E-state index contributed by atoms with van der Waals surface area (Å²) in [7, 11) is 1.36. The molecule has 0 atom stereocenters. The van der Waals surface area contributed by atoms with Gasteiger partial charge in [-0.05, 0) is 36.8 Å². The van der Waals surface area contributed by atoms with Crippen LogP contribution in [0.5, 0.6) is 0 Å². The molecular formula is C16H13BrN2O2. The second-order valence-corrected chi connectivity index (χ2v) is 5.57. The van der Waals surface area contributed by atoms with Crippen LogP contribution >= 0.6 is 15.9 Å². The second kappa shape index (κ2) is 5.33. The fourth-order valence-electron chi connectivity index (χ4n) is 2.26. The molecule has 3 rings (SSSR count). The predicted octanol–water partition coefficient (Wildman–Crippen LogP) is 4.04. The summed E-state index contributed by atoms with van der Waals surface area (Å²) in [4.78, 5) is 19.2. The van der Waals surface area contributed by atoms with Gasteiger partial charge in [0.05, 0.1) is 24.2 Å². The van der Waals surface area contributed by atoms with Gasteiger partial charge < -0.3 is 9.72 Å². The van der Waals surface area contributed by atoms with Gasteiger partial charge in [-0.2, -0.15) is 0 Å². The van der Waals surface area contributed by atoms with Crippen LogP contribution in [0.15, 0.2) is 40.9 Å². The molecule has 0 aromatic heterocycles. The number of benzene rings is 1. The fraction of sp³-hybridized carbons (Fsp3) is 0.125. The molecule has 0 radical (unpaired) electrons. The number of pyridine rings is 1. The van der Waals surface area contributed by atoms with Gasteiger partial charge in [0.25, 0.3) is 0 Å². The summed E-state index contributed by atoms with van der Waals surface area (Å²) in [6.45, 7) is 2.04. The zero-order chi connectivity index (χ0) is 15.0. The Labute approximate surface area is 130 Å². The van der Waals surface area contributed by atoms with E-state index in [0.717, 1.165) is 32.7 Å². The molecule has 21 heavy (non-hydrogen) atoms. The van der Waals surface area contributed by atoms with Crippen LogP contribution in [0.2, 0.25) is 0 Å². The average molecular weight is 345 g/mol.